The number of amides is 1. The van der Waals surface area contributed by atoms with Crippen LogP contribution in [0.4, 0.5) is 0 Å². The van der Waals surface area contributed by atoms with Gasteiger partial charge >= 0.3 is 0 Å². The molecule has 0 bridgehead atoms. The zero-order valence-electron chi connectivity index (χ0n) is 10.7. The van der Waals surface area contributed by atoms with Gasteiger partial charge in [0.2, 0.25) is 5.91 Å². The summed E-state index contributed by atoms with van der Waals surface area (Å²) in [6.45, 7) is 9.37. The van der Waals surface area contributed by atoms with E-state index in [0.29, 0.717) is 11.3 Å². The van der Waals surface area contributed by atoms with E-state index in [1.54, 1.807) is 0 Å². The lowest BCUT2D eigenvalue weighted by atomic mass is 9.83. The molecule has 2 aliphatic rings. The molecule has 2 rings (SSSR count). The summed E-state index contributed by atoms with van der Waals surface area (Å²) in [7, 11) is 0. The van der Waals surface area contributed by atoms with Gasteiger partial charge in [-0.3, -0.25) is 4.79 Å². The molecule has 1 heterocycles. The fraction of sp³-hybridized carbons (Fsp3) is 0.923. The Hall–Kier alpha value is -0.570. The summed E-state index contributed by atoms with van der Waals surface area (Å²) in [5, 5.41) is 6.46. The van der Waals surface area contributed by atoms with Gasteiger partial charge in [-0.2, -0.15) is 0 Å². The van der Waals surface area contributed by atoms with E-state index in [2.05, 4.69) is 31.4 Å². The SMILES string of the molecule is CCC1(C(=O)NCC2CC2(C)C)CCNC1. The second-order valence-electron chi connectivity index (χ2n) is 6.16. The maximum atomic E-state index is 12.2. The normalized spacial score (nSPS) is 36.1. The monoisotopic (exact) mass is 224 g/mol. The smallest absolute Gasteiger partial charge is 0.227 e. The molecule has 92 valence electrons. The van der Waals surface area contributed by atoms with E-state index in [1.165, 1.54) is 6.42 Å². The highest BCUT2D eigenvalue weighted by Gasteiger charge is 2.46. The van der Waals surface area contributed by atoms with E-state index in [9.17, 15) is 4.79 Å². The van der Waals surface area contributed by atoms with Crippen molar-refractivity contribution < 1.29 is 4.79 Å². The molecule has 2 unspecified atom stereocenters. The van der Waals surface area contributed by atoms with Gasteiger partial charge in [0.25, 0.3) is 0 Å². The summed E-state index contributed by atoms with van der Waals surface area (Å²) in [6, 6.07) is 0. The van der Waals surface area contributed by atoms with Gasteiger partial charge in [-0.05, 0) is 37.1 Å². The molecule has 1 amide bonds. The van der Waals surface area contributed by atoms with E-state index in [-0.39, 0.29) is 11.3 Å². The number of nitrogens with one attached hydrogen (secondary N) is 2. The molecule has 2 fully saturated rings. The first kappa shape index (κ1) is 11.9. The molecule has 1 saturated heterocycles. The largest absolute Gasteiger partial charge is 0.355 e. The minimum atomic E-state index is -0.126. The first-order chi connectivity index (χ1) is 7.50. The second kappa shape index (κ2) is 4.02. The fourth-order valence-electron chi connectivity index (χ4n) is 2.73. The summed E-state index contributed by atoms with van der Waals surface area (Å²) < 4.78 is 0. The first-order valence-electron chi connectivity index (χ1n) is 6.49. The number of rotatable bonds is 4. The average Bonchev–Trinajstić information content (AvgIpc) is 2.70. The summed E-state index contributed by atoms with van der Waals surface area (Å²) in [4.78, 5) is 12.2. The third-order valence-corrected chi connectivity index (χ3v) is 4.63. The standard InChI is InChI=1S/C13H24N2O/c1-4-13(5-6-14-9-13)11(16)15-8-10-7-12(10,2)3/h10,14H,4-9H2,1-3H3,(H,15,16). The lowest BCUT2D eigenvalue weighted by Crippen LogP contribution is -2.43. The zero-order chi connectivity index (χ0) is 11.8. The lowest BCUT2D eigenvalue weighted by Gasteiger charge is -2.25. The maximum Gasteiger partial charge on any atom is 0.227 e. The quantitative estimate of drug-likeness (QED) is 0.760. The molecule has 0 aromatic rings. The number of hydrogen-bond acceptors (Lipinski definition) is 2. The van der Waals surface area contributed by atoms with Gasteiger partial charge in [0.15, 0.2) is 0 Å². The third kappa shape index (κ3) is 2.10. The summed E-state index contributed by atoms with van der Waals surface area (Å²) in [6.07, 6.45) is 3.19. The predicted molar refractivity (Wildman–Crippen MR) is 65.1 cm³/mol. The van der Waals surface area contributed by atoms with Crippen molar-refractivity contribution >= 4 is 5.91 Å². The lowest BCUT2D eigenvalue weighted by molar-refractivity contribution is -0.130. The van der Waals surface area contributed by atoms with Crippen molar-refractivity contribution in [1.82, 2.24) is 10.6 Å². The summed E-state index contributed by atoms with van der Waals surface area (Å²) in [5.41, 5.74) is 0.333. The number of carbonyl (C=O) groups is 1. The Labute approximate surface area is 98.4 Å². The Morgan fingerprint density at radius 3 is 2.62 bits per heavy atom. The van der Waals surface area contributed by atoms with Crippen LogP contribution in [0.15, 0.2) is 0 Å². The third-order valence-electron chi connectivity index (χ3n) is 4.63. The van der Waals surface area contributed by atoms with Crippen LogP contribution >= 0.6 is 0 Å². The van der Waals surface area contributed by atoms with Crippen LogP contribution in [0, 0.1) is 16.7 Å². The molecule has 2 atom stereocenters. The summed E-state index contributed by atoms with van der Waals surface area (Å²) >= 11 is 0. The van der Waals surface area contributed by atoms with Gasteiger partial charge in [-0.1, -0.05) is 20.8 Å². The molecule has 3 nitrogen and oxygen atoms in total. The molecule has 0 aromatic carbocycles. The Kier molecular flexibility index (Phi) is 2.99. The van der Waals surface area contributed by atoms with Gasteiger partial charge in [0.1, 0.15) is 0 Å². The topological polar surface area (TPSA) is 41.1 Å². The minimum absolute atomic E-state index is 0.126. The Morgan fingerprint density at radius 2 is 2.19 bits per heavy atom. The molecule has 3 heteroatoms. The highest BCUT2D eigenvalue weighted by molar-refractivity contribution is 5.83. The van der Waals surface area contributed by atoms with Crippen molar-refractivity contribution in [2.45, 2.75) is 40.0 Å². The van der Waals surface area contributed by atoms with Crippen LogP contribution in [-0.2, 0) is 4.79 Å². The molecule has 1 aliphatic carbocycles. The van der Waals surface area contributed by atoms with E-state index >= 15 is 0 Å². The summed E-state index contributed by atoms with van der Waals surface area (Å²) in [5.74, 6) is 0.961. The van der Waals surface area contributed by atoms with Crippen LogP contribution in [0.2, 0.25) is 0 Å². The van der Waals surface area contributed by atoms with E-state index in [4.69, 9.17) is 0 Å². The Morgan fingerprint density at radius 1 is 1.50 bits per heavy atom. The highest BCUT2D eigenvalue weighted by atomic mass is 16.2. The predicted octanol–water partition coefficient (Wildman–Crippen LogP) is 1.54. The molecular formula is C13H24N2O. The van der Waals surface area contributed by atoms with Crippen LogP contribution in [0.3, 0.4) is 0 Å². The van der Waals surface area contributed by atoms with Crippen molar-refractivity contribution in [3.63, 3.8) is 0 Å². The van der Waals surface area contributed by atoms with Crippen LogP contribution in [0.1, 0.15) is 40.0 Å². The second-order valence-corrected chi connectivity index (χ2v) is 6.16. The molecule has 0 spiro atoms. The van der Waals surface area contributed by atoms with Crippen LogP contribution in [0.5, 0.6) is 0 Å². The minimum Gasteiger partial charge on any atom is -0.355 e. The van der Waals surface area contributed by atoms with Gasteiger partial charge < -0.3 is 10.6 Å². The van der Waals surface area contributed by atoms with Crippen molar-refractivity contribution in [1.29, 1.82) is 0 Å². The van der Waals surface area contributed by atoms with Crippen molar-refractivity contribution in [2.24, 2.45) is 16.7 Å². The van der Waals surface area contributed by atoms with Crippen LogP contribution < -0.4 is 10.6 Å². The van der Waals surface area contributed by atoms with E-state index in [1.807, 2.05) is 0 Å². The maximum absolute atomic E-state index is 12.2. The molecule has 2 N–H and O–H groups in total. The molecule has 0 aromatic heterocycles. The van der Waals surface area contributed by atoms with E-state index < -0.39 is 0 Å². The zero-order valence-corrected chi connectivity index (χ0v) is 10.7. The van der Waals surface area contributed by atoms with Crippen molar-refractivity contribution in [2.75, 3.05) is 19.6 Å². The van der Waals surface area contributed by atoms with Crippen LogP contribution in [0.25, 0.3) is 0 Å². The number of carbonyl (C=O) groups excluding carboxylic acids is 1. The van der Waals surface area contributed by atoms with Crippen molar-refractivity contribution in [3.05, 3.63) is 0 Å². The van der Waals surface area contributed by atoms with Gasteiger partial charge in [-0.25, -0.2) is 0 Å². The number of hydrogen-bond donors (Lipinski definition) is 2. The van der Waals surface area contributed by atoms with Gasteiger partial charge in [0.05, 0.1) is 5.41 Å². The molecule has 1 aliphatic heterocycles. The average molecular weight is 224 g/mol. The van der Waals surface area contributed by atoms with Crippen molar-refractivity contribution in [3.8, 4) is 0 Å². The molecule has 0 radical (unpaired) electrons. The van der Waals surface area contributed by atoms with E-state index in [0.717, 1.165) is 32.5 Å². The molecule has 1 saturated carbocycles. The van der Waals surface area contributed by atoms with Gasteiger partial charge in [-0.15, -0.1) is 0 Å². The fourth-order valence-corrected chi connectivity index (χ4v) is 2.73. The first-order valence-corrected chi connectivity index (χ1v) is 6.49. The van der Waals surface area contributed by atoms with Gasteiger partial charge in [0, 0.05) is 13.1 Å². The Balaban J connectivity index is 1.83. The highest BCUT2D eigenvalue weighted by Crippen LogP contribution is 2.51. The molecule has 16 heavy (non-hydrogen) atoms. The molecular weight excluding hydrogens is 200 g/mol. The Bertz CT molecular complexity index is 280. The van der Waals surface area contributed by atoms with Crippen LogP contribution in [-0.4, -0.2) is 25.5 Å².